The fourth-order valence-corrected chi connectivity index (χ4v) is 7.20. The van der Waals surface area contributed by atoms with Gasteiger partial charge < -0.3 is 9.13 Å². The Morgan fingerprint density at radius 1 is 0.521 bits per heavy atom. The van der Waals surface area contributed by atoms with Gasteiger partial charge in [0.1, 0.15) is 0 Å². The molecule has 0 fully saturated rings. The van der Waals surface area contributed by atoms with Crippen molar-refractivity contribution in [1.82, 2.24) is 14.1 Å². The molecular formula is C44H38N4. The molecule has 0 N–H and O–H groups in total. The van der Waals surface area contributed by atoms with Gasteiger partial charge in [-0.05, 0) is 82.6 Å². The van der Waals surface area contributed by atoms with Crippen LogP contribution in [0.3, 0.4) is 0 Å². The normalized spacial score (nSPS) is 12.4. The molecule has 0 atom stereocenters. The van der Waals surface area contributed by atoms with E-state index in [2.05, 4.69) is 159 Å². The van der Waals surface area contributed by atoms with Crippen molar-refractivity contribution in [2.45, 2.75) is 52.4 Å². The van der Waals surface area contributed by atoms with Crippen LogP contribution in [0.25, 0.3) is 66.1 Å². The monoisotopic (exact) mass is 622 g/mol. The van der Waals surface area contributed by atoms with Crippen molar-refractivity contribution in [1.29, 1.82) is 5.26 Å². The van der Waals surface area contributed by atoms with E-state index in [1.807, 2.05) is 24.5 Å². The molecule has 4 heteroatoms. The molecule has 0 aliphatic rings. The van der Waals surface area contributed by atoms with E-state index in [1.54, 1.807) is 0 Å². The number of hydrogen-bond acceptors (Lipinski definition) is 2. The third-order valence-electron chi connectivity index (χ3n) is 9.77. The molecule has 0 saturated carbocycles. The second-order valence-electron chi connectivity index (χ2n) is 14.9. The summed E-state index contributed by atoms with van der Waals surface area (Å²) in [5, 5.41) is 15.0. The Bertz CT molecular complexity index is 2590. The molecule has 0 amide bonds. The molecule has 0 saturated heterocycles. The summed E-state index contributed by atoms with van der Waals surface area (Å²) in [6.45, 7) is 13.6. The Labute approximate surface area is 281 Å². The molecule has 0 aliphatic heterocycles. The van der Waals surface area contributed by atoms with E-state index in [0.717, 1.165) is 44.6 Å². The van der Waals surface area contributed by atoms with Gasteiger partial charge in [0.05, 0.1) is 45.1 Å². The number of pyridine rings is 1. The smallest absolute Gasteiger partial charge is 0.0991 e. The molecule has 0 bridgehead atoms. The SMILES string of the molecule is CC(C)(C)c1ccc2c(c1)c1ccccc1n2-c1ccncc1-c1cc(C#N)ccc1-n1c2ccccc2c2cc(C(C)(C)C)ccc21. The van der Waals surface area contributed by atoms with Crippen molar-refractivity contribution in [2.24, 2.45) is 0 Å². The quantitative estimate of drug-likeness (QED) is 0.197. The molecule has 0 spiro atoms. The highest BCUT2D eigenvalue weighted by Gasteiger charge is 2.23. The highest BCUT2D eigenvalue weighted by atomic mass is 15.0. The number of rotatable bonds is 3. The summed E-state index contributed by atoms with van der Waals surface area (Å²) in [7, 11) is 0. The molecule has 8 aromatic rings. The zero-order valence-corrected chi connectivity index (χ0v) is 28.3. The van der Waals surface area contributed by atoms with Crippen LogP contribution in [-0.4, -0.2) is 14.1 Å². The maximum atomic E-state index is 10.1. The first kappa shape index (κ1) is 29.7. The number of aromatic nitrogens is 3. The van der Waals surface area contributed by atoms with E-state index in [0.29, 0.717) is 5.56 Å². The summed E-state index contributed by atoms with van der Waals surface area (Å²) in [4.78, 5) is 4.67. The van der Waals surface area contributed by atoms with Crippen molar-refractivity contribution < 1.29 is 0 Å². The van der Waals surface area contributed by atoms with Gasteiger partial charge in [-0.1, -0.05) is 90.1 Å². The number of benzene rings is 5. The molecule has 5 aromatic carbocycles. The lowest BCUT2D eigenvalue weighted by molar-refractivity contribution is 0.591. The fourth-order valence-electron chi connectivity index (χ4n) is 7.20. The van der Waals surface area contributed by atoms with E-state index >= 15 is 0 Å². The van der Waals surface area contributed by atoms with Crippen LogP contribution in [0, 0.1) is 11.3 Å². The van der Waals surface area contributed by atoms with Crippen molar-refractivity contribution in [3.8, 4) is 28.6 Å². The van der Waals surface area contributed by atoms with Crippen LogP contribution >= 0.6 is 0 Å². The van der Waals surface area contributed by atoms with Crippen molar-refractivity contribution in [3.05, 3.63) is 138 Å². The summed E-state index contributed by atoms with van der Waals surface area (Å²) >= 11 is 0. The molecule has 0 unspecified atom stereocenters. The second-order valence-corrected chi connectivity index (χ2v) is 14.9. The van der Waals surface area contributed by atoms with Gasteiger partial charge in [-0.3, -0.25) is 4.98 Å². The molecule has 234 valence electrons. The largest absolute Gasteiger partial charge is 0.309 e. The summed E-state index contributed by atoms with van der Waals surface area (Å²) in [5.41, 5.74) is 11.7. The predicted molar refractivity (Wildman–Crippen MR) is 200 cm³/mol. The number of hydrogen-bond donors (Lipinski definition) is 0. The van der Waals surface area contributed by atoms with Crippen molar-refractivity contribution in [3.63, 3.8) is 0 Å². The highest BCUT2D eigenvalue weighted by Crippen LogP contribution is 2.42. The first-order chi connectivity index (χ1) is 23.0. The lowest BCUT2D eigenvalue weighted by Crippen LogP contribution is -2.10. The molecule has 8 rings (SSSR count). The Balaban J connectivity index is 1.45. The minimum atomic E-state index is 0.0254. The van der Waals surface area contributed by atoms with Gasteiger partial charge in [-0.25, -0.2) is 0 Å². The van der Waals surface area contributed by atoms with E-state index in [-0.39, 0.29) is 10.8 Å². The van der Waals surface area contributed by atoms with Gasteiger partial charge in [-0.15, -0.1) is 0 Å². The number of nitriles is 1. The van der Waals surface area contributed by atoms with Crippen LogP contribution in [0.1, 0.15) is 58.2 Å². The van der Waals surface area contributed by atoms with E-state index in [1.165, 1.54) is 32.7 Å². The number of para-hydroxylation sites is 2. The second kappa shape index (κ2) is 10.7. The third kappa shape index (κ3) is 4.61. The standard InChI is InChI=1S/C44H38N4/c1-43(2,3)29-16-19-40-34(24-29)31-11-7-9-13-37(31)47(40)39-18-15-28(26-45)23-33(39)36-27-46-22-21-42(36)48-38-14-10-8-12-32(38)35-25-30(44(4,5)6)17-20-41(35)48/h7-25,27H,1-6H3. The average molecular weight is 623 g/mol. The average Bonchev–Trinajstić information content (AvgIpc) is 3.59. The molecular weight excluding hydrogens is 585 g/mol. The Morgan fingerprint density at radius 3 is 1.54 bits per heavy atom. The first-order valence-corrected chi connectivity index (χ1v) is 16.6. The maximum Gasteiger partial charge on any atom is 0.0991 e. The summed E-state index contributed by atoms with van der Waals surface area (Å²) < 4.78 is 4.71. The predicted octanol–water partition coefficient (Wildman–Crippen LogP) is 11.4. The lowest BCUT2D eigenvalue weighted by atomic mass is 9.86. The Morgan fingerprint density at radius 2 is 1.02 bits per heavy atom. The van der Waals surface area contributed by atoms with Crippen LogP contribution in [0.2, 0.25) is 0 Å². The van der Waals surface area contributed by atoms with Gasteiger partial charge in [0.2, 0.25) is 0 Å². The molecule has 3 aromatic heterocycles. The van der Waals surface area contributed by atoms with Gasteiger partial charge in [0.25, 0.3) is 0 Å². The van der Waals surface area contributed by atoms with Crippen LogP contribution in [0.4, 0.5) is 0 Å². The molecule has 3 heterocycles. The van der Waals surface area contributed by atoms with E-state index in [4.69, 9.17) is 0 Å². The summed E-state index contributed by atoms with van der Waals surface area (Å²) in [6, 6.07) is 41.5. The first-order valence-electron chi connectivity index (χ1n) is 16.6. The lowest BCUT2D eigenvalue weighted by Gasteiger charge is -2.20. The molecule has 0 aliphatic carbocycles. The van der Waals surface area contributed by atoms with Gasteiger partial charge in [0, 0.05) is 45.1 Å². The Kier molecular flexibility index (Phi) is 6.62. The zero-order valence-electron chi connectivity index (χ0n) is 28.3. The molecule has 48 heavy (non-hydrogen) atoms. The topological polar surface area (TPSA) is 46.5 Å². The van der Waals surface area contributed by atoms with Crippen molar-refractivity contribution >= 4 is 43.6 Å². The minimum Gasteiger partial charge on any atom is -0.309 e. The van der Waals surface area contributed by atoms with Crippen LogP contribution in [0.15, 0.2) is 122 Å². The Hall–Kier alpha value is -5.66. The van der Waals surface area contributed by atoms with Gasteiger partial charge in [0.15, 0.2) is 0 Å². The van der Waals surface area contributed by atoms with Gasteiger partial charge in [-0.2, -0.15) is 5.26 Å². The van der Waals surface area contributed by atoms with E-state index in [9.17, 15) is 5.26 Å². The molecule has 4 nitrogen and oxygen atoms in total. The van der Waals surface area contributed by atoms with Crippen molar-refractivity contribution in [2.75, 3.05) is 0 Å². The molecule has 0 radical (unpaired) electrons. The van der Waals surface area contributed by atoms with Crippen LogP contribution in [-0.2, 0) is 10.8 Å². The highest BCUT2D eigenvalue weighted by molar-refractivity contribution is 6.11. The van der Waals surface area contributed by atoms with E-state index < -0.39 is 0 Å². The number of nitrogens with zero attached hydrogens (tertiary/aromatic N) is 4. The summed E-state index contributed by atoms with van der Waals surface area (Å²) in [5.74, 6) is 0. The minimum absolute atomic E-state index is 0.0254. The fraction of sp³-hybridized carbons (Fsp3) is 0.182. The van der Waals surface area contributed by atoms with Crippen LogP contribution < -0.4 is 0 Å². The zero-order chi connectivity index (χ0) is 33.4. The number of fused-ring (bicyclic) bond motifs is 6. The van der Waals surface area contributed by atoms with Gasteiger partial charge >= 0.3 is 0 Å². The summed E-state index contributed by atoms with van der Waals surface area (Å²) in [6.07, 6.45) is 3.82. The van der Waals surface area contributed by atoms with Crippen LogP contribution in [0.5, 0.6) is 0 Å². The third-order valence-corrected chi connectivity index (χ3v) is 9.77. The maximum absolute atomic E-state index is 10.1.